The summed E-state index contributed by atoms with van der Waals surface area (Å²) in [6.45, 7) is 12.7. The van der Waals surface area contributed by atoms with E-state index in [1.54, 1.807) is 45.3 Å². The lowest BCUT2D eigenvalue weighted by atomic mass is 9.82. The lowest BCUT2D eigenvalue weighted by molar-refractivity contribution is -0.145. The predicted octanol–water partition coefficient (Wildman–Crippen LogP) is 3.08. The number of phenols is 1. The number of likely N-dealkylation sites (N-methyl/N-ethyl adjacent to an activating group) is 1. The Morgan fingerprint density at radius 3 is 2.18 bits per heavy atom. The highest BCUT2D eigenvalue weighted by Gasteiger charge is 2.41. The molecule has 1 unspecified atom stereocenters. The van der Waals surface area contributed by atoms with Gasteiger partial charge in [-0.1, -0.05) is 53.7 Å². The van der Waals surface area contributed by atoms with Crippen LogP contribution in [0.15, 0.2) is 41.0 Å². The zero-order valence-electron chi connectivity index (χ0n) is 33.2. The van der Waals surface area contributed by atoms with Crippen LogP contribution in [0.1, 0.15) is 86.1 Å². The number of hydrogen-bond donors (Lipinski definition) is 4. The van der Waals surface area contributed by atoms with E-state index in [1.165, 1.54) is 31.0 Å². The monoisotopic (exact) mass is 784 g/mol. The Kier molecular flexibility index (Phi) is 16.2. The molecule has 1 fully saturated rings. The minimum atomic E-state index is -1.34. The van der Waals surface area contributed by atoms with Crippen LogP contribution in [0.3, 0.4) is 0 Å². The fraction of sp³-hybridized carbons (Fsp3) is 0.600. The maximum absolute atomic E-state index is 14.3. The summed E-state index contributed by atoms with van der Waals surface area (Å²) in [5.74, 6) is -4.62. The highest BCUT2D eigenvalue weighted by Crippen LogP contribution is 2.32. The molecule has 55 heavy (non-hydrogen) atoms. The van der Waals surface area contributed by atoms with Crippen molar-refractivity contribution in [3.8, 4) is 5.75 Å². The summed E-state index contributed by atoms with van der Waals surface area (Å²) < 4.78 is 0. The van der Waals surface area contributed by atoms with E-state index < -0.39 is 71.5 Å². The van der Waals surface area contributed by atoms with E-state index in [0.29, 0.717) is 24.8 Å². The second-order valence-electron chi connectivity index (χ2n) is 15.5. The van der Waals surface area contributed by atoms with Gasteiger partial charge in [-0.2, -0.15) is 0 Å². The number of halogens is 1. The van der Waals surface area contributed by atoms with Gasteiger partial charge in [-0.15, -0.1) is 11.6 Å². The maximum Gasteiger partial charge on any atom is 0.246 e. The van der Waals surface area contributed by atoms with Crippen molar-refractivity contribution in [1.29, 1.82) is 0 Å². The molecule has 1 aromatic rings. The fourth-order valence-electron chi connectivity index (χ4n) is 6.53. The summed E-state index contributed by atoms with van der Waals surface area (Å²) >= 11 is 5.71. The fourth-order valence-corrected chi connectivity index (χ4v) is 6.61. The van der Waals surface area contributed by atoms with Crippen molar-refractivity contribution in [2.75, 3.05) is 19.5 Å². The van der Waals surface area contributed by atoms with Crippen LogP contribution in [-0.2, 0) is 40.0 Å². The lowest BCUT2D eigenvalue weighted by Gasteiger charge is -2.32. The summed E-state index contributed by atoms with van der Waals surface area (Å²) in [4.78, 5) is 101. The maximum atomic E-state index is 14.3. The summed E-state index contributed by atoms with van der Waals surface area (Å²) in [6.07, 6.45) is 4.78. The molecule has 3 rings (SSSR count). The smallest absolute Gasteiger partial charge is 0.246 e. The number of nitrogens with zero attached hydrogens (tertiary/aromatic N) is 3. The van der Waals surface area contributed by atoms with Crippen LogP contribution in [0.25, 0.3) is 0 Å². The second kappa shape index (κ2) is 19.8. The topological polar surface area (TPSA) is 195 Å². The number of nitrogens with one attached hydrogen (secondary N) is 3. The van der Waals surface area contributed by atoms with Gasteiger partial charge in [0.05, 0.1) is 6.04 Å². The van der Waals surface area contributed by atoms with Crippen LogP contribution in [0.4, 0.5) is 0 Å². The van der Waals surface area contributed by atoms with E-state index >= 15 is 0 Å². The van der Waals surface area contributed by atoms with E-state index in [0.717, 1.165) is 10.5 Å². The number of Topliss-reactive ketones (excluding diaryl/α,β-unsaturated/α-hetero) is 2. The molecular weight excluding hydrogens is 728 g/mol. The van der Waals surface area contributed by atoms with Crippen LogP contribution in [0, 0.1) is 17.3 Å². The average Bonchev–Trinajstić information content (AvgIpc) is 3.78. The summed E-state index contributed by atoms with van der Waals surface area (Å²) in [7, 11) is 1.38. The predicted molar refractivity (Wildman–Crippen MR) is 209 cm³/mol. The van der Waals surface area contributed by atoms with Crippen molar-refractivity contribution in [2.24, 2.45) is 22.2 Å². The molecule has 0 bridgehead atoms. The third-order valence-corrected chi connectivity index (χ3v) is 10.8. The summed E-state index contributed by atoms with van der Waals surface area (Å²) in [5, 5.41) is 17.8. The van der Waals surface area contributed by atoms with Gasteiger partial charge in [-0.25, -0.2) is 0 Å². The Balaban J connectivity index is 1.82. The molecule has 2 heterocycles. The van der Waals surface area contributed by atoms with Crippen molar-refractivity contribution in [1.82, 2.24) is 25.8 Å². The zero-order chi connectivity index (χ0) is 41.2. The van der Waals surface area contributed by atoms with E-state index in [2.05, 4.69) is 20.9 Å². The van der Waals surface area contributed by atoms with Crippen molar-refractivity contribution in [3.63, 3.8) is 0 Å². The van der Waals surface area contributed by atoms with E-state index in [9.17, 15) is 38.7 Å². The third kappa shape index (κ3) is 11.9. The largest absolute Gasteiger partial charge is 0.508 e. The molecule has 6 atom stereocenters. The molecule has 2 aliphatic rings. The number of aliphatic imine (C=N–C) groups is 1. The zero-order valence-corrected chi connectivity index (χ0v) is 33.9. The van der Waals surface area contributed by atoms with Gasteiger partial charge < -0.3 is 30.9 Å². The molecule has 0 saturated carbocycles. The van der Waals surface area contributed by atoms with Gasteiger partial charge >= 0.3 is 0 Å². The van der Waals surface area contributed by atoms with Crippen LogP contribution >= 0.6 is 11.6 Å². The molecule has 0 aliphatic carbocycles. The number of aromatic hydroxyl groups is 1. The molecule has 0 aromatic heterocycles. The van der Waals surface area contributed by atoms with E-state index in [1.807, 2.05) is 20.8 Å². The molecule has 0 radical (unpaired) electrons. The standard InChI is InChI=1S/C40H57ClN6O8/c1-9-24(4)33(49)19-31(45-36(52)25(5)46(8)38(54)30(43-34(50)20-41)17-26-12-14-28(48)15-13-26)39(55)47-16-10-11-32(47)37(53)44-29(35(51)23(2)3)18-27-21-42-22-40(27,6)7/h12-15,21-25,29-32,48H,9-11,16-20H2,1-8H3,(H,43,50)(H,44,53)(H,45,52)/t24?,25-,29-,30-,31-,32-/m0/s1. The molecule has 1 aromatic carbocycles. The molecule has 15 heteroatoms. The number of phenolic OH excluding ortho intramolecular Hbond substituents is 1. The Bertz CT molecular complexity index is 1660. The van der Waals surface area contributed by atoms with Gasteiger partial charge in [-0.05, 0) is 55.9 Å². The molecule has 14 nitrogen and oxygen atoms in total. The molecule has 302 valence electrons. The molecule has 1 saturated heterocycles. The first-order valence-corrected chi connectivity index (χ1v) is 19.5. The minimum Gasteiger partial charge on any atom is -0.508 e. The van der Waals surface area contributed by atoms with E-state index in [4.69, 9.17) is 11.6 Å². The second-order valence-corrected chi connectivity index (χ2v) is 15.7. The van der Waals surface area contributed by atoms with Gasteiger partial charge in [0.1, 0.15) is 41.6 Å². The van der Waals surface area contributed by atoms with Crippen molar-refractivity contribution < 1.29 is 38.7 Å². The Morgan fingerprint density at radius 1 is 0.964 bits per heavy atom. The van der Waals surface area contributed by atoms with Crippen LogP contribution in [-0.4, -0.2) is 112 Å². The quantitative estimate of drug-likeness (QED) is 0.154. The number of benzene rings is 1. The van der Waals surface area contributed by atoms with Gasteiger partial charge in [0, 0.05) is 56.1 Å². The number of carbonyl (C=O) groups is 7. The molecular formula is C40H57ClN6O8. The molecule has 4 N–H and O–H groups in total. The highest BCUT2D eigenvalue weighted by molar-refractivity contribution is 6.27. The number of amides is 5. The molecule has 2 aliphatic heterocycles. The SMILES string of the molecule is CCC(C)C(=O)C[C@H](NC(=O)[C@H](C)N(C)C(=O)[C@H](Cc1ccc(O)cc1)NC(=O)CCl)C(=O)N1CCC[C@H]1C(=O)N[C@@H](CC1=CN=CC1(C)C)C(=O)C(C)C. The number of alkyl halides is 1. The first-order chi connectivity index (χ1) is 25.8. The number of carbonyl (C=O) groups excluding carboxylic acids is 7. The van der Waals surface area contributed by atoms with Gasteiger partial charge in [0.25, 0.3) is 0 Å². The van der Waals surface area contributed by atoms with Crippen LogP contribution < -0.4 is 16.0 Å². The van der Waals surface area contributed by atoms with E-state index in [-0.39, 0.29) is 54.5 Å². The lowest BCUT2D eigenvalue weighted by Crippen LogP contribution is -2.59. The Morgan fingerprint density at radius 2 is 1.62 bits per heavy atom. The normalized spacial score (nSPS) is 18.8. The average molecular weight is 785 g/mol. The first kappa shape index (κ1) is 44.8. The summed E-state index contributed by atoms with van der Waals surface area (Å²) in [6, 6.07) is 0.686. The third-order valence-electron chi connectivity index (χ3n) is 10.6. The molecule has 0 spiro atoms. The minimum absolute atomic E-state index is 0.0258. The van der Waals surface area contributed by atoms with Crippen molar-refractivity contribution >= 4 is 58.9 Å². The number of hydrogen-bond acceptors (Lipinski definition) is 9. The van der Waals surface area contributed by atoms with Gasteiger partial charge in [-0.3, -0.25) is 38.6 Å². The number of rotatable bonds is 19. The Labute approximate surface area is 328 Å². The number of ketones is 2. The highest BCUT2D eigenvalue weighted by atomic mass is 35.5. The molecule has 5 amide bonds. The van der Waals surface area contributed by atoms with Crippen LogP contribution in [0.2, 0.25) is 0 Å². The van der Waals surface area contributed by atoms with Gasteiger partial charge in [0.15, 0.2) is 5.78 Å². The summed E-state index contributed by atoms with van der Waals surface area (Å²) in [5.41, 5.74) is 1.14. The number of likely N-dealkylation sites (tertiary alicyclic amines) is 1. The van der Waals surface area contributed by atoms with Gasteiger partial charge in [0.2, 0.25) is 29.5 Å². The Hall–Kier alpha value is -4.59. The van der Waals surface area contributed by atoms with Crippen molar-refractivity contribution in [2.45, 2.75) is 117 Å². The van der Waals surface area contributed by atoms with Crippen molar-refractivity contribution in [3.05, 3.63) is 41.6 Å². The first-order valence-electron chi connectivity index (χ1n) is 18.9. The van der Waals surface area contributed by atoms with Crippen LogP contribution in [0.5, 0.6) is 5.75 Å².